The number of carbonyl (C=O) groups is 1. The number of ether oxygens (including phenoxy) is 1. The van der Waals surface area contributed by atoms with E-state index in [0.29, 0.717) is 5.04 Å². The number of nitrogens with one attached hydrogen (secondary N) is 1. The number of hydrogen-bond acceptors (Lipinski definition) is 5. The molecule has 1 heterocycles. The third-order valence-electron chi connectivity index (χ3n) is 2.92. The predicted molar refractivity (Wildman–Crippen MR) is 93.4 cm³/mol. The summed E-state index contributed by atoms with van der Waals surface area (Å²) in [5, 5.41) is 0.658. The van der Waals surface area contributed by atoms with Crippen LogP contribution in [0.15, 0.2) is 66.6 Å². The average molecular weight is 327 g/mol. The number of methoxy groups -OCH3 is 1. The number of aliphatic imine (C=N–C) groups is 1. The summed E-state index contributed by atoms with van der Waals surface area (Å²) < 4.78 is 7.88. The van der Waals surface area contributed by atoms with Crippen molar-refractivity contribution < 1.29 is 9.53 Å². The van der Waals surface area contributed by atoms with E-state index in [-0.39, 0.29) is 12.3 Å². The van der Waals surface area contributed by atoms with Crippen molar-refractivity contribution in [2.24, 2.45) is 4.99 Å². The number of aromatic nitrogens is 1. The highest BCUT2D eigenvalue weighted by atomic mass is 32.2. The molecule has 0 bridgehead atoms. The maximum Gasteiger partial charge on any atom is 0.234 e. The summed E-state index contributed by atoms with van der Waals surface area (Å²) in [7, 11) is 1.61. The third kappa shape index (κ3) is 5.27. The summed E-state index contributed by atoms with van der Waals surface area (Å²) in [6, 6.07) is 11.0. The number of pyridine rings is 1. The van der Waals surface area contributed by atoms with E-state index in [9.17, 15) is 4.79 Å². The lowest BCUT2D eigenvalue weighted by Gasteiger charge is -2.07. The molecule has 1 N–H and O–H groups in total. The molecule has 0 radical (unpaired) electrons. The number of rotatable bonds is 5. The number of nitrogens with zero attached hydrogens (tertiary/aromatic N) is 2. The van der Waals surface area contributed by atoms with Crippen LogP contribution in [0.1, 0.15) is 11.1 Å². The lowest BCUT2D eigenvalue weighted by molar-refractivity contribution is -0.118. The lowest BCUT2D eigenvalue weighted by atomic mass is 10.1. The van der Waals surface area contributed by atoms with E-state index in [2.05, 4.69) is 21.3 Å². The zero-order valence-corrected chi connectivity index (χ0v) is 13.5. The fourth-order valence-corrected chi connectivity index (χ4v) is 2.47. The van der Waals surface area contributed by atoms with Crippen LogP contribution < -0.4 is 9.46 Å². The maximum atomic E-state index is 12.1. The van der Waals surface area contributed by atoms with Gasteiger partial charge in [0.1, 0.15) is 10.8 Å². The Kier molecular flexibility index (Phi) is 6.38. The molecule has 0 saturated heterocycles. The van der Waals surface area contributed by atoms with Gasteiger partial charge in [-0.3, -0.25) is 14.5 Å². The van der Waals surface area contributed by atoms with Gasteiger partial charge in [-0.05, 0) is 29.8 Å². The Morgan fingerprint density at radius 3 is 2.61 bits per heavy atom. The van der Waals surface area contributed by atoms with Crippen LogP contribution in [0.5, 0.6) is 5.75 Å². The van der Waals surface area contributed by atoms with Crippen LogP contribution in [0, 0.1) is 0 Å². The van der Waals surface area contributed by atoms with Crippen LogP contribution in [0.4, 0.5) is 0 Å². The van der Waals surface area contributed by atoms with Gasteiger partial charge >= 0.3 is 0 Å². The Morgan fingerprint density at radius 1 is 1.30 bits per heavy atom. The molecule has 0 aliphatic rings. The molecule has 0 unspecified atom stereocenters. The van der Waals surface area contributed by atoms with Crippen molar-refractivity contribution in [1.29, 1.82) is 0 Å². The van der Waals surface area contributed by atoms with Crippen molar-refractivity contribution in [3.05, 3.63) is 72.7 Å². The minimum Gasteiger partial charge on any atom is -0.497 e. The van der Waals surface area contributed by atoms with Gasteiger partial charge in [-0.1, -0.05) is 18.7 Å². The number of hydrogen-bond donors (Lipinski definition) is 1. The highest BCUT2D eigenvalue weighted by Crippen LogP contribution is 2.13. The Morgan fingerprint density at radius 2 is 2.00 bits per heavy atom. The largest absolute Gasteiger partial charge is 0.497 e. The van der Waals surface area contributed by atoms with Crippen LogP contribution in [0.3, 0.4) is 0 Å². The average Bonchev–Trinajstić information content (AvgIpc) is 2.60. The van der Waals surface area contributed by atoms with Gasteiger partial charge in [0.15, 0.2) is 0 Å². The second kappa shape index (κ2) is 8.75. The topological polar surface area (TPSA) is 63.6 Å². The minimum absolute atomic E-state index is 0.106. The van der Waals surface area contributed by atoms with Gasteiger partial charge in [0.25, 0.3) is 0 Å². The van der Waals surface area contributed by atoms with Crippen molar-refractivity contribution in [2.75, 3.05) is 7.11 Å². The summed E-state index contributed by atoms with van der Waals surface area (Å²) in [4.78, 5) is 20.2. The van der Waals surface area contributed by atoms with Crippen molar-refractivity contribution in [1.82, 2.24) is 9.71 Å². The summed E-state index contributed by atoms with van der Waals surface area (Å²) in [6.07, 6.45) is 5.08. The molecule has 0 aliphatic carbocycles. The standard InChI is InChI=1S/C17H17N3O2S/c1-3-19-17(14-8-10-18-11-9-14)23-20-16(21)12-13-4-6-15(22-2)7-5-13/h3-11H,1,12H2,2H3,(H,20,21)/b19-17-. The molecule has 118 valence electrons. The van der Waals surface area contributed by atoms with Gasteiger partial charge in [-0.2, -0.15) is 0 Å². The highest BCUT2D eigenvalue weighted by Gasteiger charge is 2.08. The fraction of sp³-hybridized carbons (Fsp3) is 0.118. The van der Waals surface area contributed by atoms with Crippen LogP contribution >= 0.6 is 11.9 Å². The molecule has 2 rings (SSSR count). The Balaban J connectivity index is 1.93. The molecule has 1 aromatic heterocycles. The molecule has 0 atom stereocenters. The molecule has 5 nitrogen and oxygen atoms in total. The predicted octanol–water partition coefficient (Wildman–Crippen LogP) is 2.99. The molecule has 1 aromatic carbocycles. The summed E-state index contributed by atoms with van der Waals surface area (Å²) in [6.45, 7) is 3.60. The van der Waals surface area contributed by atoms with Gasteiger partial charge in [-0.25, -0.2) is 4.99 Å². The van der Waals surface area contributed by atoms with E-state index in [4.69, 9.17) is 4.74 Å². The third-order valence-corrected chi connectivity index (χ3v) is 3.79. The number of benzene rings is 1. The second-order valence-electron chi connectivity index (χ2n) is 4.50. The van der Waals surface area contributed by atoms with Crippen molar-refractivity contribution >= 4 is 22.9 Å². The molecule has 1 amide bonds. The Bertz CT molecular complexity index is 685. The zero-order chi connectivity index (χ0) is 16.5. The van der Waals surface area contributed by atoms with E-state index >= 15 is 0 Å². The minimum atomic E-state index is -0.106. The second-order valence-corrected chi connectivity index (χ2v) is 5.30. The van der Waals surface area contributed by atoms with Crippen molar-refractivity contribution in [3.63, 3.8) is 0 Å². The molecule has 6 heteroatoms. The normalized spacial score (nSPS) is 10.9. The highest BCUT2D eigenvalue weighted by molar-refractivity contribution is 8.13. The molecular formula is C17H17N3O2S. The van der Waals surface area contributed by atoms with Crippen LogP contribution in [0.2, 0.25) is 0 Å². The quantitative estimate of drug-likeness (QED) is 0.521. The first-order chi connectivity index (χ1) is 11.2. The number of carbonyl (C=O) groups excluding carboxylic acids is 1. The van der Waals surface area contributed by atoms with E-state index in [1.807, 2.05) is 36.4 Å². The van der Waals surface area contributed by atoms with Gasteiger partial charge in [0, 0.05) is 36.1 Å². The Hall–Kier alpha value is -2.60. The summed E-state index contributed by atoms with van der Waals surface area (Å²) >= 11 is 1.16. The molecule has 0 spiro atoms. The van der Waals surface area contributed by atoms with Crippen molar-refractivity contribution in [3.8, 4) is 5.75 Å². The zero-order valence-electron chi connectivity index (χ0n) is 12.7. The first-order valence-corrected chi connectivity index (χ1v) is 7.72. The SMILES string of the molecule is C=C/N=C(\SNC(=O)Cc1ccc(OC)cc1)c1ccncc1. The number of amides is 1. The maximum absolute atomic E-state index is 12.1. The molecule has 0 aliphatic heterocycles. The van der Waals surface area contributed by atoms with Gasteiger partial charge in [0.05, 0.1) is 13.5 Å². The fourth-order valence-electron chi connectivity index (χ4n) is 1.81. The van der Waals surface area contributed by atoms with Gasteiger partial charge in [-0.15, -0.1) is 0 Å². The lowest BCUT2D eigenvalue weighted by Crippen LogP contribution is -2.20. The molecular weight excluding hydrogens is 310 g/mol. The van der Waals surface area contributed by atoms with Crippen LogP contribution in [-0.4, -0.2) is 23.0 Å². The van der Waals surface area contributed by atoms with E-state index in [0.717, 1.165) is 28.8 Å². The Labute approximate surface area is 139 Å². The summed E-state index contributed by atoms with van der Waals surface area (Å²) in [5.41, 5.74) is 1.78. The first kappa shape index (κ1) is 16.8. The van der Waals surface area contributed by atoms with Gasteiger partial charge < -0.3 is 4.74 Å². The molecule has 0 saturated carbocycles. The molecule has 0 fully saturated rings. The van der Waals surface area contributed by atoms with Crippen LogP contribution in [0.25, 0.3) is 0 Å². The van der Waals surface area contributed by atoms with E-state index < -0.39 is 0 Å². The summed E-state index contributed by atoms with van der Waals surface area (Å²) in [5.74, 6) is 0.660. The van der Waals surface area contributed by atoms with E-state index in [1.165, 1.54) is 6.20 Å². The monoisotopic (exact) mass is 327 g/mol. The molecule has 23 heavy (non-hydrogen) atoms. The van der Waals surface area contributed by atoms with Gasteiger partial charge in [0.2, 0.25) is 5.91 Å². The smallest absolute Gasteiger partial charge is 0.234 e. The molecule has 2 aromatic rings. The van der Waals surface area contributed by atoms with Crippen LogP contribution in [-0.2, 0) is 11.2 Å². The van der Waals surface area contributed by atoms with Crippen molar-refractivity contribution in [2.45, 2.75) is 6.42 Å². The van der Waals surface area contributed by atoms with E-state index in [1.54, 1.807) is 19.5 Å². The first-order valence-electron chi connectivity index (χ1n) is 6.90.